The van der Waals surface area contributed by atoms with Crippen LogP contribution in [0.5, 0.6) is 0 Å². The third-order valence-electron chi connectivity index (χ3n) is 6.07. The fourth-order valence-corrected chi connectivity index (χ4v) is 5.88. The lowest BCUT2D eigenvalue weighted by molar-refractivity contribution is -0.124. The maximum Gasteiger partial charge on any atom is 0.243 e. The van der Waals surface area contributed by atoms with Gasteiger partial charge in [-0.25, -0.2) is 12.8 Å². The van der Waals surface area contributed by atoms with Crippen molar-refractivity contribution in [3.05, 3.63) is 82.9 Å². The molecule has 1 atom stereocenters. The molecule has 0 unspecified atom stereocenters. The van der Waals surface area contributed by atoms with E-state index in [1.807, 2.05) is 48.9 Å². The molecule has 7 nitrogen and oxygen atoms in total. The molecule has 1 amide bonds. The predicted molar refractivity (Wildman–Crippen MR) is 122 cm³/mol. The van der Waals surface area contributed by atoms with Gasteiger partial charge >= 0.3 is 0 Å². The SMILES string of the molecule is Cc1nn(Cc2ccccc2)c(C)c1CNC(=O)[C@@H]1CCCN1S(=O)(=O)c1ccc(F)cc1. The molecule has 1 aromatic heterocycles. The van der Waals surface area contributed by atoms with Crippen LogP contribution in [0.3, 0.4) is 0 Å². The molecule has 1 aliphatic heterocycles. The molecule has 33 heavy (non-hydrogen) atoms. The Balaban J connectivity index is 1.46. The minimum Gasteiger partial charge on any atom is -0.350 e. The summed E-state index contributed by atoms with van der Waals surface area (Å²) < 4.78 is 42.4. The lowest BCUT2D eigenvalue weighted by atomic mass is 10.1. The van der Waals surface area contributed by atoms with E-state index in [1.54, 1.807) is 0 Å². The second-order valence-electron chi connectivity index (χ2n) is 8.24. The van der Waals surface area contributed by atoms with Gasteiger partial charge in [0.15, 0.2) is 0 Å². The van der Waals surface area contributed by atoms with E-state index in [9.17, 15) is 17.6 Å². The average molecular weight is 471 g/mol. The Labute approximate surface area is 193 Å². The van der Waals surface area contributed by atoms with Gasteiger partial charge in [-0.05, 0) is 56.5 Å². The largest absolute Gasteiger partial charge is 0.350 e. The summed E-state index contributed by atoms with van der Waals surface area (Å²) in [6, 6.07) is 13.9. The van der Waals surface area contributed by atoms with Crippen molar-refractivity contribution in [2.24, 2.45) is 0 Å². The highest BCUT2D eigenvalue weighted by atomic mass is 32.2. The topological polar surface area (TPSA) is 84.3 Å². The van der Waals surface area contributed by atoms with Crippen LogP contribution in [0.1, 0.15) is 35.4 Å². The summed E-state index contributed by atoms with van der Waals surface area (Å²) in [7, 11) is -3.89. The number of carbonyl (C=O) groups excluding carboxylic acids is 1. The van der Waals surface area contributed by atoms with Gasteiger partial charge in [0.05, 0.1) is 17.1 Å². The molecule has 0 spiro atoms. The van der Waals surface area contributed by atoms with Crippen LogP contribution in [-0.4, -0.2) is 41.0 Å². The quantitative estimate of drug-likeness (QED) is 0.575. The predicted octanol–water partition coefficient (Wildman–Crippen LogP) is 3.16. The number of aromatic nitrogens is 2. The lowest BCUT2D eigenvalue weighted by Crippen LogP contribution is -2.45. The van der Waals surface area contributed by atoms with E-state index in [1.165, 1.54) is 16.4 Å². The number of amides is 1. The zero-order chi connectivity index (χ0) is 23.6. The molecule has 0 saturated carbocycles. The third kappa shape index (κ3) is 4.84. The minimum atomic E-state index is -3.89. The summed E-state index contributed by atoms with van der Waals surface area (Å²) in [5.74, 6) is -0.851. The molecule has 2 aromatic carbocycles. The molecule has 0 bridgehead atoms. The van der Waals surface area contributed by atoms with E-state index in [-0.39, 0.29) is 23.9 Å². The molecule has 3 aromatic rings. The first-order valence-electron chi connectivity index (χ1n) is 10.9. The molecule has 1 aliphatic rings. The highest BCUT2D eigenvalue weighted by Crippen LogP contribution is 2.26. The minimum absolute atomic E-state index is 0.0162. The van der Waals surface area contributed by atoms with Crippen LogP contribution in [0.25, 0.3) is 0 Å². The van der Waals surface area contributed by atoms with Crippen molar-refractivity contribution in [1.82, 2.24) is 19.4 Å². The van der Waals surface area contributed by atoms with Crippen molar-refractivity contribution in [3.63, 3.8) is 0 Å². The zero-order valence-corrected chi connectivity index (χ0v) is 19.5. The zero-order valence-electron chi connectivity index (χ0n) is 18.7. The molecule has 0 aliphatic carbocycles. The van der Waals surface area contributed by atoms with Gasteiger partial charge in [0.2, 0.25) is 15.9 Å². The highest BCUT2D eigenvalue weighted by molar-refractivity contribution is 7.89. The molecular formula is C24H27FN4O3S. The Kier molecular flexibility index (Phi) is 6.62. The van der Waals surface area contributed by atoms with Crippen LogP contribution in [0.15, 0.2) is 59.5 Å². The maximum atomic E-state index is 13.2. The van der Waals surface area contributed by atoms with E-state index in [4.69, 9.17) is 0 Å². The average Bonchev–Trinajstić information content (AvgIpc) is 3.39. The molecule has 2 heterocycles. The second kappa shape index (κ2) is 9.44. The summed E-state index contributed by atoms with van der Waals surface area (Å²) >= 11 is 0. The highest BCUT2D eigenvalue weighted by Gasteiger charge is 2.39. The second-order valence-corrected chi connectivity index (χ2v) is 10.1. The van der Waals surface area contributed by atoms with Crippen LogP contribution in [0.2, 0.25) is 0 Å². The van der Waals surface area contributed by atoms with Crippen LogP contribution < -0.4 is 5.32 Å². The summed E-state index contributed by atoms with van der Waals surface area (Å²) in [6.45, 7) is 5.02. The molecule has 1 saturated heterocycles. The van der Waals surface area contributed by atoms with Gasteiger partial charge in [-0.3, -0.25) is 9.48 Å². The number of rotatable bonds is 7. The number of carbonyl (C=O) groups is 1. The number of nitrogens with zero attached hydrogens (tertiary/aromatic N) is 3. The van der Waals surface area contributed by atoms with Crippen molar-refractivity contribution in [2.75, 3.05) is 6.54 Å². The van der Waals surface area contributed by atoms with E-state index in [0.717, 1.165) is 34.6 Å². The number of hydrogen-bond donors (Lipinski definition) is 1. The van der Waals surface area contributed by atoms with Gasteiger partial charge in [-0.2, -0.15) is 9.40 Å². The number of aryl methyl sites for hydroxylation is 1. The molecule has 0 radical (unpaired) electrons. The van der Waals surface area contributed by atoms with Crippen LogP contribution in [-0.2, 0) is 27.9 Å². The van der Waals surface area contributed by atoms with Gasteiger partial charge in [0, 0.05) is 24.3 Å². The van der Waals surface area contributed by atoms with E-state index >= 15 is 0 Å². The van der Waals surface area contributed by atoms with Crippen molar-refractivity contribution in [2.45, 2.75) is 50.7 Å². The van der Waals surface area contributed by atoms with Gasteiger partial charge < -0.3 is 5.32 Å². The summed E-state index contributed by atoms with van der Waals surface area (Å²) in [4.78, 5) is 13.0. The lowest BCUT2D eigenvalue weighted by Gasteiger charge is -2.23. The van der Waals surface area contributed by atoms with Crippen LogP contribution in [0, 0.1) is 19.7 Å². The van der Waals surface area contributed by atoms with Gasteiger partial charge in [0.1, 0.15) is 11.9 Å². The van der Waals surface area contributed by atoms with Crippen molar-refractivity contribution < 1.29 is 17.6 Å². The summed E-state index contributed by atoms with van der Waals surface area (Å²) in [6.07, 6.45) is 1.03. The monoisotopic (exact) mass is 470 g/mol. The molecular weight excluding hydrogens is 443 g/mol. The first kappa shape index (κ1) is 23.1. The van der Waals surface area contributed by atoms with Crippen LogP contribution in [0.4, 0.5) is 4.39 Å². The Bertz CT molecular complexity index is 1240. The Hall–Kier alpha value is -3.04. The molecule has 1 fully saturated rings. The third-order valence-corrected chi connectivity index (χ3v) is 7.99. The van der Waals surface area contributed by atoms with Crippen molar-refractivity contribution in [3.8, 4) is 0 Å². The molecule has 9 heteroatoms. The smallest absolute Gasteiger partial charge is 0.243 e. The first-order chi connectivity index (χ1) is 15.8. The number of halogens is 1. The van der Waals surface area contributed by atoms with Gasteiger partial charge in [-0.15, -0.1) is 0 Å². The van der Waals surface area contributed by atoms with Crippen molar-refractivity contribution >= 4 is 15.9 Å². The summed E-state index contributed by atoms with van der Waals surface area (Å²) in [5.41, 5.74) is 3.83. The Morgan fingerprint density at radius 3 is 2.52 bits per heavy atom. The number of benzene rings is 2. The normalized spacial score (nSPS) is 16.8. The first-order valence-corrected chi connectivity index (χ1v) is 12.3. The Morgan fingerprint density at radius 2 is 1.82 bits per heavy atom. The molecule has 174 valence electrons. The molecule has 4 rings (SSSR count). The Morgan fingerprint density at radius 1 is 1.12 bits per heavy atom. The van der Waals surface area contributed by atoms with Gasteiger partial charge in [-0.1, -0.05) is 30.3 Å². The summed E-state index contributed by atoms with van der Waals surface area (Å²) in [5, 5.41) is 7.51. The fraction of sp³-hybridized carbons (Fsp3) is 0.333. The van der Waals surface area contributed by atoms with Gasteiger partial charge in [0.25, 0.3) is 0 Å². The fourth-order valence-electron chi connectivity index (χ4n) is 4.23. The van der Waals surface area contributed by atoms with Crippen molar-refractivity contribution in [1.29, 1.82) is 0 Å². The number of sulfonamides is 1. The standard InChI is InChI=1S/C24H27FN4O3S/c1-17-22(18(2)28(27-17)16-19-7-4-3-5-8-19)15-26-24(30)23-9-6-14-29(23)33(31,32)21-12-10-20(25)11-13-21/h3-5,7-8,10-13,23H,6,9,14-16H2,1-2H3,(H,26,30)/t23-/m0/s1. The van der Waals surface area contributed by atoms with E-state index in [2.05, 4.69) is 10.4 Å². The maximum absolute atomic E-state index is 13.2. The van der Waals surface area contributed by atoms with Crippen LogP contribution >= 0.6 is 0 Å². The van der Waals surface area contributed by atoms with E-state index in [0.29, 0.717) is 19.4 Å². The number of nitrogens with one attached hydrogen (secondary N) is 1. The molecule has 1 N–H and O–H groups in total. The number of hydrogen-bond acceptors (Lipinski definition) is 4. The van der Waals surface area contributed by atoms with E-state index < -0.39 is 21.9 Å².